The zero-order valence-corrected chi connectivity index (χ0v) is 23.8. The van der Waals surface area contributed by atoms with Crippen molar-refractivity contribution in [1.29, 1.82) is 0 Å². The number of hydrogen-bond acceptors (Lipinski definition) is 9. The molecule has 1 atom stereocenters. The largest absolute Gasteiger partial charge is 0.490 e. The van der Waals surface area contributed by atoms with Crippen molar-refractivity contribution >= 4 is 29.7 Å². The molecule has 3 N–H and O–H groups in total. The van der Waals surface area contributed by atoms with Crippen LogP contribution in [0.4, 0.5) is 43.9 Å². The van der Waals surface area contributed by atoms with Crippen molar-refractivity contribution in [3.05, 3.63) is 48.0 Å². The number of rotatable bonds is 5. The van der Waals surface area contributed by atoms with Crippen molar-refractivity contribution in [1.82, 2.24) is 14.9 Å². The maximum absolute atomic E-state index is 13.7. The molecular weight excluding hydrogens is 680 g/mol. The van der Waals surface area contributed by atoms with E-state index in [0.29, 0.717) is 5.88 Å². The van der Waals surface area contributed by atoms with E-state index in [1.54, 1.807) is 25.6 Å². The highest BCUT2D eigenvalue weighted by Crippen LogP contribution is 2.46. The summed E-state index contributed by atoms with van der Waals surface area (Å²) in [7, 11) is 1.65. The van der Waals surface area contributed by atoms with Gasteiger partial charge in [-0.1, -0.05) is 6.07 Å². The van der Waals surface area contributed by atoms with E-state index in [9.17, 15) is 43.9 Å². The van der Waals surface area contributed by atoms with Crippen molar-refractivity contribution in [2.24, 2.45) is 0 Å². The molecule has 22 heteroatoms. The number of carboxylic acid groups (broad SMARTS) is 3. The van der Waals surface area contributed by atoms with Crippen molar-refractivity contribution in [2.45, 2.75) is 42.3 Å². The van der Waals surface area contributed by atoms with Crippen molar-refractivity contribution in [3.63, 3.8) is 0 Å². The molecule has 1 unspecified atom stereocenters. The number of alkyl halides is 9. The maximum atomic E-state index is 13.7. The number of carbonyl (C=O) groups is 3. The fraction of sp³-hybridized carbons (Fsp3) is 0.458. The van der Waals surface area contributed by atoms with Crippen LogP contribution in [0.5, 0.6) is 11.8 Å². The van der Waals surface area contributed by atoms with Crippen LogP contribution in [0.25, 0.3) is 0 Å². The Balaban J connectivity index is 0.000000413. The summed E-state index contributed by atoms with van der Waals surface area (Å²) in [5.74, 6) is -6.99. The summed E-state index contributed by atoms with van der Waals surface area (Å²) in [6, 6.07) is 6.94. The first-order chi connectivity index (χ1) is 21.0. The predicted octanol–water partition coefficient (Wildman–Crippen LogP) is 4.66. The molecule has 2 fully saturated rings. The number of pyridine rings is 2. The van der Waals surface area contributed by atoms with Crippen LogP contribution in [0.2, 0.25) is 0 Å². The lowest BCUT2D eigenvalue weighted by Crippen LogP contribution is -2.58. The maximum Gasteiger partial charge on any atom is 0.490 e. The smallest absolute Gasteiger partial charge is 0.481 e. The molecule has 4 heterocycles. The fourth-order valence-electron chi connectivity index (χ4n) is 3.56. The highest BCUT2D eigenvalue weighted by atomic mass is 32.2. The molecule has 1 spiro atoms. The standard InChI is InChI=1S/C18H20FN3O2S.3C2HF3O2/c1-23-16-13(4-2-6-20-16)9-22-11-18(12-22)8-14(10-25-18)24-17-15(19)5-3-7-21-17;3*3-2(4,5)1(6)7/h2-7,14H,8-12H2,1H3;3*(H,6,7). The molecule has 4 rings (SSSR count). The van der Waals surface area contributed by atoms with Gasteiger partial charge in [-0.05, 0) is 18.2 Å². The molecular formula is C24H23F10N3O8S. The quantitative estimate of drug-likeness (QED) is 0.371. The van der Waals surface area contributed by atoms with Crippen LogP contribution in [0.15, 0.2) is 36.7 Å². The van der Waals surface area contributed by atoms with E-state index in [0.717, 1.165) is 37.4 Å². The second-order valence-corrected chi connectivity index (χ2v) is 10.4. The van der Waals surface area contributed by atoms with Gasteiger partial charge in [0.15, 0.2) is 5.82 Å². The molecule has 0 saturated carbocycles. The van der Waals surface area contributed by atoms with E-state index in [4.69, 9.17) is 39.2 Å². The molecule has 0 aliphatic carbocycles. The number of thioether (sulfide) groups is 1. The second-order valence-electron chi connectivity index (χ2n) is 8.95. The van der Waals surface area contributed by atoms with E-state index >= 15 is 0 Å². The molecule has 0 amide bonds. The Morgan fingerprint density at radius 2 is 1.30 bits per heavy atom. The van der Waals surface area contributed by atoms with Gasteiger partial charge in [0.25, 0.3) is 5.88 Å². The Labute approximate surface area is 256 Å². The Morgan fingerprint density at radius 3 is 1.72 bits per heavy atom. The van der Waals surface area contributed by atoms with E-state index in [1.165, 1.54) is 6.07 Å². The summed E-state index contributed by atoms with van der Waals surface area (Å²) < 4.78 is 120. The highest BCUT2D eigenvalue weighted by Gasteiger charge is 2.50. The van der Waals surface area contributed by atoms with Gasteiger partial charge in [0.05, 0.1) is 7.11 Å². The van der Waals surface area contributed by atoms with Crippen LogP contribution in [-0.2, 0) is 20.9 Å². The van der Waals surface area contributed by atoms with Crippen molar-refractivity contribution in [2.75, 3.05) is 26.0 Å². The van der Waals surface area contributed by atoms with Gasteiger partial charge in [0.2, 0.25) is 5.88 Å². The molecule has 0 bridgehead atoms. The number of nitrogens with zero attached hydrogens (tertiary/aromatic N) is 3. The van der Waals surface area contributed by atoms with E-state index in [-0.39, 0.29) is 16.7 Å². The third kappa shape index (κ3) is 13.5. The molecule has 2 aliphatic rings. The molecule has 46 heavy (non-hydrogen) atoms. The molecule has 258 valence electrons. The van der Waals surface area contributed by atoms with Gasteiger partial charge >= 0.3 is 36.4 Å². The van der Waals surface area contributed by atoms with Gasteiger partial charge < -0.3 is 24.8 Å². The Kier molecular flexibility index (Phi) is 14.3. The number of aliphatic carboxylic acids is 3. The molecule has 2 aromatic rings. The van der Waals surface area contributed by atoms with Gasteiger partial charge in [0.1, 0.15) is 6.10 Å². The van der Waals surface area contributed by atoms with E-state index in [2.05, 4.69) is 14.9 Å². The van der Waals surface area contributed by atoms with Crippen molar-refractivity contribution in [3.8, 4) is 11.8 Å². The fourth-order valence-corrected chi connectivity index (χ4v) is 5.14. The third-order valence-electron chi connectivity index (χ3n) is 5.37. The van der Waals surface area contributed by atoms with Crippen LogP contribution < -0.4 is 9.47 Å². The normalized spacial score (nSPS) is 17.1. The molecule has 0 aromatic carbocycles. The highest BCUT2D eigenvalue weighted by molar-refractivity contribution is 8.01. The minimum Gasteiger partial charge on any atom is -0.481 e. The topological polar surface area (TPSA) is 159 Å². The van der Waals surface area contributed by atoms with Gasteiger partial charge in [-0.15, -0.1) is 11.8 Å². The Hall–Kier alpha value is -4.08. The lowest BCUT2D eigenvalue weighted by atomic mass is 9.92. The summed E-state index contributed by atoms with van der Waals surface area (Å²) in [6.45, 7) is 2.83. The second kappa shape index (κ2) is 16.5. The average molecular weight is 704 g/mol. The number of hydrogen-bond donors (Lipinski definition) is 3. The number of carboxylic acids is 3. The molecule has 2 saturated heterocycles. The molecule has 11 nitrogen and oxygen atoms in total. The first kappa shape index (κ1) is 39.9. The molecule has 2 aliphatic heterocycles. The number of methoxy groups -OCH3 is 1. The van der Waals surface area contributed by atoms with Crippen LogP contribution in [0.3, 0.4) is 0 Å². The Morgan fingerprint density at radius 1 is 0.870 bits per heavy atom. The number of likely N-dealkylation sites (tertiary alicyclic amines) is 1. The van der Waals surface area contributed by atoms with Crippen LogP contribution in [0.1, 0.15) is 12.0 Å². The molecule has 0 radical (unpaired) electrons. The van der Waals surface area contributed by atoms with Crippen LogP contribution in [0, 0.1) is 5.82 Å². The van der Waals surface area contributed by atoms with E-state index in [1.807, 2.05) is 23.9 Å². The minimum absolute atomic E-state index is 0.0180. The lowest BCUT2D eigenvalue weighted by molar-refractivity contribution is -0.193. The first-order valence-electron chi connectivity index (χ1n) is 12.0. The van der Waals surface area contributed by atoms with Gasteiger partial charge in [-0.2, -0.15) is 39.5 Å². The average Bonchev–Trinajstić information content (AvgIpc) is 3.33. The lowest BCUT2D eigenvalue weighted by Gasteiger charge is -2.47. The van der Waals surface area contributed by atoms with Crippen LogP contribution >= 0.6 is 11.8 Å². The number of aromatic nitrogens is 2. The van der Waals surface area contributed by atoms with E-state index < -0.39 is 42.3 Å². The monoisotopic (exact) mass is 703 g/mol. The Bertz CT molecular complexity index is 1260. The summed E-state index contributed by atoms with van der Waals surface area (Å²) >= 11 is 1.93. The SMILES string of the molecule is COc1ncccc1CN1CC2(CC(Oc3ncccc3F)CS2)C1.O=C(O)C(F)(F)F.O=C(O)C(F)(F)F.O=C(O)C(F)(F)F. The molecule has 2 aromatic heterocycles. The van der Waals surface area contributed by atoms with Gasteiger partial charge in [-0.25, -0.2) is 28.7 Å². The van der Waals surface area contributed by atoms with Gasteiger partial charge in [0, 0.05) is 54.5 Å². The van der Waals surface area contributed by atoms with Crippen molar-refractivity contribution < 1.29 is 83.1 Å². The predicted molar refractivity (Wildman–Crippen MR) is 136 cm³/mol. The third-order valence-corrected chi connectivity index (χ3v) is 6.94. The van der Waals surface area contributed by atoms with Crippen LogP contribution in [-0.4, -0.2) is 103 Å². The minimum atomic E-state index is -5.08. The number of halogens is 10. The zero-order chi connectivity index (χ0) is 35.5. The summed E-state index contributed by atoms with van der Waals surface area (Å²) in [6.07, 6.45) is -11.0. The zero-order valence-electron chi connectivity index (χ0n) is 23.0. The summed E-state index contributed by atoms with van der Waals surface area (Å²) in [4.78, 5) is 37.3. The van der Waals surface area contributed by atoms with Gasteiger partial charge in [-0.3, -0.25) is 4.90 Å². The summed E-state index contributed by atoms with van der Waals surface area (Å²) in [5, 5.41) is 21.4. The summed E-state index contributed by atoms with van der Waals surface area (Å²) in [5.41, 5.74) is 1.10. The number of ether oxygens (including phenoxy) is 2. The first-order valence-corrected chi connectivity index (χ1v) is 13.0.